The van der Waals surface area contributed by atoms with Crippen LogP contribution in [0.1, 0.15) is 108 Å². The minimum absolute atomic E-state index is 0.0154. The van der Waals surface area contributed by atoms with Crippen molar-refractivity contribution in [3.8, 4) is 0 Å². The molecule has 182 valence electrons. The first-order chi connectivity index (χ1) is 14.4. The van der Waals surface area contributed by atoms with Gasteiger partial charge in [0.25, 0.3) is 0 Å². The van der Waals surface area contributed by atoms with Gasteiger partial charge in [0.1, 0.15) is 11.4 Å². The number of Topliss-reactive ketones (excluding diaryl/α,β-unsaturated/α-hetero) is 1. The number of nitrogens with two attached hydrogens (primary N) is 1. The number of carbonyl (C=O) groups excluding carboxylic acids is 2. The van der Waals surface area contributed by atoms with Gasteiger partial charge in [0.15, 0.2) is 0 Å². The predicted octanol–water partition coefficient (Wildman–Crippen LogP) is 5.83. The molecule has 4 nitrogen and oxygen atoms in total. The van der Waals surface area contributed by atoms with E-state index in [0.29, 0.717) is 24.7 Å². The van der Waals surface area contributed by atoms with Crippen LogP contribution in [0.2, 0.25) is 10.6 Å². The maximum absolute atomic E-state index is 12.1. The van der Waals surface area contributed by atoms with E-state index in [1.54, 1.807) is 6.92 Å². The number of ether oxygens (including phenoxy) is 1. The van der Waals surface area contributed by atoms with Crippen LogP contribution in [0.5, 0.6) is 0 Å². The largest absolute Gasteiger partial charge is 0.459 e. The molecule has 0 saturated heterocycles. The maximum atomic E-state index is 12.1. The van der Waals surface area contributed by atoms with Crippen LogP contribution in [0.3, 0.4) is 0 Å². The summed E-state index contributed by atoms with van der Waals surface area (Å²) in [4.78, 5) is 24.2. The fraction of sp³-hybridized carbons (Fsp3) is 0.923. The monoisotopic (exact) mass is 445 g/mol. The molecule has 1 aliphatic rings. The molecule has 0 heterocycles. The molecule has 2 unspecified atom stereocenters. The third kappa shape index (κ3) is 9.23. The van der Waals surface area contributed by atoms with Crippen LogP contribution in [0.4, 0.5) is 0 Å². The molecule has 1 aliphatic carbocycles. The van der Waals surface area contributed by atoms with E-state index in [4.69, 9.17) is 26.2 Å². The van der Waals surface area contributed by atoms with Crippen molar-refractivity contribution >= 4 is 27.4 Å². The standard InChI is InChI=1S/C24H43B2NO3.C2H6/c1-16(2)20(29)30-22(5,6)15-23(7,25)18-11-9-17(10-12-18)21(3,4)14-24(8,26)19(28)13-27;1-2/h16-18H,9-15,27H2,1-8H3;1-2H3. The zero-order chi connectivity index (χ0) is 25.5. The van der Waals surface area contributed by atoms with Gasteiger partial charge in [-0.2, -0.15) is 0 Å². The molecule has 1 saturated carbocycles. The highest BCUT2D eigenvalue weighted by molar-refractivity contribution is 6.28. The molecule has 0 aromatic rings. The van der Waals surface area contributed by atoms with Gasteiger partial charge < -0.3 is 10.5 Å². The molecule has 0 aromatic carbocycles. The molecule has 0 aliphatic heterocycles. The summed E-state index contributed by atoms with van der Waals surface area (Å²) in [5.74, 6) is 0.446. The third-order valence-electron chi connectivity index (χ3n) is 7.07. The van der Waals surface area contributed by atoms with Crippen molar-refractivity contribution in [1.29, 1.82) is 0 Å². The fourth-order valence-corrected chi connectivity index (χ4v) is 5.44. The summed E-state index contributed by atoms with van der Waals surface area (Å²) in [5.41, 5.74) is 4.91. The Kier molecular flexibility index (Phi) is 11.8. The van der Waals surface area contributed by atoms with Crippen LogP contribution in [-0.2, 0) is 14.3 Å². The van der Waals surface area contributed by atoms with E-state index in [2.05, 4.69) is 20.8 Å². The average Bonchev–Trinajstić information content (AvgIpc) is 2.66. The Bertz CT molecular complexity index is 604. The number of rotatable bonds is 10. The highest BCUT2D eigenvalue weighted by Gasteiger charge is 2.43. The molecular formula is C26H49B2NO3. The lowest BCUT2D eigenvalue weighted by atomic mass is 9.51. The third-order valence-corrected chi connectivity index (χ3v) is 7.07. The van der Waals surface area contributed by atoms with Crippen molar-refractivity contribution < 1.29 is 14.3 Å². The molecule has 0 bridgehead atoms. The van der Waals surface area contributed by atoms with Gasteiger partial charge in [0.05, 0.1) is 28.2 Å². The number of hydrogen-bond donors (Lipinski definition) is 1. The van der Waals surface area contributed by atoms with Crippen molar-refractivity contribution in [1.82, 2.24) is 0 Å². The van der Waals surface area contributed by atoms with Crippen molar-refractivity contribution in [3.05, 3.63) is 0 Å². The highest BCUT2D eigenvalue weighted by atomic mass is 16.6. The molecule has 0 aromatic heterocycles. The van der Waals surface area contributed by atoms with Gasteiger partial charge in [-0.05, 0) is 62.1 Å². The number of carbonyl (C=O) groups is 2. The summed E-state index contributed by atoms with van der Waals surface area (Å²) in [7, 11) is 13.1. The second-order valence-electron chi connectivity index (χ2n) is 11.8. The lowest BCUT2D eigenvalue weighted by Gasteiger charge is -2.47. The summed E-state index contributed by atoms with van der Waals surface area (Å²) in [6.07, 6.45) is 5.43. The van der Waals surface area contributed by atoms with E-state index in [1.807, 2.05) is 41.5 Å². The molecular weight excluding hydrogens is 396 g/mol. The van der Waals surface area contributed by atoms with Gasteiger partial charge in [-0.1, -0.05) is 73.5 Å². The summed E-state index contributed by atoms with van der Waals surface area (Å²) in [5, 5.41) is -1.30. The summed E-state index contributed by atoms with van der Waals surface area (Å²) >= 11 is 0. The van der Waals surface area contributed by atoms with Crippen molar-refractivity contribution in [3.63, 3.8) is 0 Å². The van der Waals surface area contributed by atoms with Crippen LogP contribution < -0.4 is 5.73 Å². The molecule has 2 N–H and O–H groups in total. The summed E-state index contributed by atoms with van der Waals surface area (Å²) < 4.78 is 5.71. The molecule has 4 radical (unpaired) electrons. The first kappa shape index (κ1) is 31.2. The van der Waals surface area contributed by atoms with E-state index < -0.39 is 16.2 Å². The van der Waals surface area contributed by atoms with Crippen LogP contribution >= 0.6 is 0 Å². The predicted molar refractivity (Wildman–Crippen MR) is 137 cm³/mol. The van der Waals surface area contributed by atoms with Crippen LogP contribution in [0.15, 0.2) is 0 Å². The normalized spacial score (nSPS) is 23.4. The Morgan fingerprint density at radius 2 is 1.34 bits per heavy atom. The zero-order valence-corrected chi connectivity index (χ0v) is 22.6. The average molecular weight is 445 g/mol. The summed E-state index contributed by atoms with van der Waals surface area (Å²) in [6.45, 7) is 19.9. The van der Waals surface area contributed by atoms with Crippen LogP contribution in [0, 0.1) is 23.2 Å². The number of ketones is 1. The minimum atomic E-state index is -0.887. The Morgan fingerprint density at radius 1 is 0.906 bits per heavy atom. The number of hydrogen-bond acceptors (Lipinski definition) is 4. The first-order valence-electron chi connectivity index (χ1n) is 12.5. The molecule has 2 atom stereocenters. The maximum Gasteiger partial charge on any atom is 0.308 e. The topological polar surface area (TPSA) is 69.4 Å². The van der Waals surface area contributed by atoms with Gasteiger partial charge in [-0.15, -0.1) is 0 Å². The highest BCUT2D eigenvalue weighted by Crippen LogP contribution is 2.53. The lowest BCUT2D eigenvalue weighted by Crippen LogP contribution is -2.40. The molecule has 32 heavy (non-hydrogen) atoms. The SMILES string of the molecule is CC.[B]C(C)(CC(C)(C)C1CCC(C([B])(C)CC(C)(C)OC(=O)C(C)C)CC1)C(=O)CN. The zero-order valence-electron chi connectivity index (χ0n) is 22.6. The van der Waals surface area contributed by atoms with Gasteiger partial charge in [0, 0.05) is 0 Å². The van der Waals surface area contributed by atoms with E-state index in [9.17, 15) is 9.59 Å². The lowest BCUT2D eigenvalue weighted by molar-refractivity contribution is -0.162. The van der Waals surface area contributed by atoms with E-state index in [-0.39, 0.29) is 29.6 Å². The quantitative estimate of drug-likeness (QED) is 0.340. The molecule has 6 heteroatoms. The van der Waals surface area contributed by atoms with Gasteiger partial charge in [0.2, 0.25) is 0 Å². The van der Waals surface area contributed by atoms with Gasteiger partial charge in [-0.3, -0.25) is 9.59 Å². The minimum Gasteiger partial charge on any atom is -0.459 e. The number of esters is 1. The van der Waals surface area contributed by atoms with Gasteiger partial charge in [-0.25, -0.2) is 0 Å². The van der Waals surface area contributed by atoms with Crippen LogP contribution in [0.25, 0.3) is 0 Å². The van der Waals surface area contributed by atoms with Gasteiger partial charge >= 0.3 is 5.97 Å². The Balaban J connectivity index is 0.00000466. The van der Waals surface area contributed by atoms with Crippen molar-refractivity contribution in [2.75, 3.05) is 6.54 Å². The van der Waals surface area contributed by atoms with Crippen LogP contribution in [-0.4, -0.2) is 39.6 Å². The second kappa shape index (κ2) is 12.1. The Morgan fingerprint density at radius 3 is 1.75 bits per heavy atom. The molecule has 1 rings (SSSR count). The van der Waals surface area contributed by atoms with E-state index in [0.717, 1.165) is 25.7 Å². The summed E-state index contributed by atoms with van der Waals surface area (Å²) in [6, 6.07) is 0. The Hall–Kier alpha value is -0.770. The smallest absolute Gasteiger partial charge is 0.308 e. The Labute approximate surface area is 201 Å². The molecule has 1 fully saturated rings. The molecule has 0 amide bonds. The fourth-order valence-electron chi connectivity index (χ4n) is 5.44. The van der Waals surface area contributed by atoms with E-state index >= 15 is 0 Å². The van der Waals surface area contributed by atoms with Crippen molar-refractivity contribution in [2.45, 2.75) is 124 Å². The van der Waals surface area contributed by atoms with Crippen molar-refractivity contribution in [2.24, 2.45) is 28.9 Å². The first-order valence-corrected chi connectivity index (χ1v) is 12.5. The van der Waals surface area contributed by atoms with E-state index in [1.165, 1.54) is 0 Å². The molecule has 0 spiro atoms. The second-order valence-corrected chi connectivity index (χ2v) is 11.8.